The summed E-state index contributed by atoms with van der Waals surface area (Å²) in [5.74, 6) is -0.941. The number of amides is 1. The largest absolute Gasteiger partial charge is 0.349 e. The van der Waals surface area contributed by atoms with E-state index in [-0.39, 0.29) is 0 Å². The predicted molar refractivity (Wildman–Crippen MR) is 66.1 cm³/mol. The first-order valence-corrected chi connectivity index (χ1v) is 6.16. The van der Waals surface area contributed by atoms with Gasteiger partial charge in [-0.1, -0.05) is 12.1 Å². The van der Waals surface area contributed by atoms with Crippen molar-refractivity contribution in [2.45, 2.75) is 32.6 Å². The molecular formula is C14H17NO2. The monoisotopic (exact) mass is 231 g/mol. The Hall–Kier alpha value is -1.64. The number of fused-ring (bicyclic) bond motifs is 1. The predicted octanol–water partition coefficient (Wildman–Crippen LogP) is 1.88. The zero-order valence-electron chi connectivity index (χ0n) is 10.1. The zero-order valence-corrected chi connectivity index (χ0v) is 10.1. The molecule has 0 heterocycles. The summed E-state index contributed by atoms with van der Waals surface area (Å²) in [7, 11) is 0. The highest BCUT2D eigenvalue weighted by molar-refractivity contribution is 6.42. The van der Waals surface area contributed by atoms with Crippen molar-refractivity contribution in [1.29, 1.82) is 0 Å². The van der Waals surface area contributed by atoms with Crippen molar-refractivity contribution in [3.63, 3.8) is 0 Å². The number of hydrogen-bond donors (Lipinski definition) is 1. The molecule has 2 rings (SSSR count). The molecule has 0 fully saturated rings. The van der Waals surface area contributed by atoms with Crippen molar-refractivity contribution in [3.05, 3.63) is 34.9 Å². The van der Waals surface area contributed by atoms with Crippen molar-refractivity contribution in [2.75, 3.05) is 6.54 Å². The van der Waals surface area contributed by atoms with Crippen molar-refractivity contribution in [1.82, 2.24) is 5.32 Å². The first kappa shape index (κ1) is 11.8. The number of benzene rings is 1. The second-order valence-corrected chi connectivity index (χ2v) is 4.38. The van der Waals surface area contributed by atoms with Crippen LogP contribution in [0, 0.1) is 0 Å². The van der Waals surface area contributed by atoms with E-state index in [0.29, 0.717) is 12.1 Å². The lowest BCUT2D eigenvalue weighted by molar-refractivity contribution is -0.116. The van der Waals surface area contributed by atoms with Gasteiger partial charge < -0.3 is 5.32 Å². The topological polar surface area (TPSA) is 46.2 Å². The van der Waals surface area contributed by atoms with Gasteiger partial charge in [-0.3, -0.25) is 9.59 Å². The molecule has 0 spiro atoms. The lowest BCUT2D eigenvalue weighted by Gasteiger charge is -2.16. The number of ketones is 1. The lowest BCUT2D eigenvalue weighted by Crippen LogP contribution is -2.30. The van der Waals surface area contributed by atoms with Gasteiger partial charge in [-0.2, -0.15) is 0 Å². The molecule has 0 saturated carbocycles. The van der Waals surface area contributed by atoms with Gasteiger partial charge in [-0.25, -0.2) is 0 Å². The van der Waals surface area contributed by atoms with Crippen LogP contribution in [0.15, 0.2) is 18.2 Å². The highest BCUT2D eigenvalue weighted by Crippen LogP contribution is 2.22. The molecule has 0 unspecified atom stereocenters. The molecule has 1 aromatic rings. The van der Waals surface area contributed by atoms with E-state index < -0.39 is 11.7 Å². The summed E-state index contributed by atoms with van der Waals surface area (Å²) in [6.07, 6.45) is 4.50. The van der Waals surface area contributed by atoms with Gasteiger partial charge in [0.15, 0.2) is 0 Å². The minimum Gasteiger partial charge on any atom is -0.349 e. The van der Waals surface area contributed by atoms with E-state index in [9.17, 15) is 9.59 Å². The SMILES string of the molecule is CCNC(=O)C(=O)c1ccc2c(c1)CCCC2. The second kappa shape index (κ2) is 5.13. The average molecular weight is 231 g/mol. The molecular weight excluding hydrogens is 214 g/mol. The van der Waals surface area contributed by atoms with Gasteiger partial charge in [0.25, 0.3) is 5.91 Å². The van der Waals surface area contributed by atoms with E-state index in [2.05, 4.69) is 5.32 Å². The lowest BCUT2D eigenvalue weighted by atomic mass is 9.90. The number of carbonyl (C=O) groups excluding carboxylic acids is 2. The molecule has 3 heteroatoms. The fourth-order valence-corrected chi connectivity index (χ4v) is 2.25. The van der Waals surface area contributed by atoms with Crippen LogP contribution < -0.4 is 5.32 Å². The number of hydrogen-bond acceptors (Lipinski definition) is 2. The fourth-order valence-electron chi connectivity index (χ4n) is 2.25. The van der Waals surface area contributed by atoms with Crippen LogP contribution >= 0.6 is 0 Å². The molecule has 1 amide bonds. The van der Waals surface area contributed by atoms with Crippen LogP contribution in [0.5, 0.6) is 0 Å². The Kier molecular flexibility index (Phi) is 3.57. The van der Waals surface area contributed by atoms with Gasteiger partial charge in [-0.15, -0.1) is 0 Å². The van der Waals surface area contributed by atoms with Gasteiger partial charge in [0.05, 0.1) is 0 Å². The van der Waals surface area contributed by atoms with E-state index in [0.717, 1.165) is 12.8 Å². The van der Waals surface area contributed by atoms with Crippen LogP contribution in [0.1, 0.15) is 41.3 Å². The molecule has 3 nitrogen and oxygen atoms in total. The first-order chi connectivity index (χ1) is 8.22. The highest BCUT2D eigenvalue weighted by atomic mass is 16.2. The fraction of sp³-hybridized carbons (Fsp3) is 0.429. The van der Waals surface area contributed by atoms with Crippen LogP contribution in [-0.4, -0.2) is 18.2 Å². The number of Topliss-reactive ketones (excluding diaryl/α,β-unsaturated/α-hetero) is 1. The Balaban J connectivity index is 2.22. The Morgan fingerprint density at radius 1 is 1.18 bits per heavy atom. The molecule has 0 bridgehead atoms. The Morgan fingerprint density at radius 2 is 1.88 bits per heavy atom. The molecule has 0 radical (unpaired) electrons. The molecule has 1 aliphatic carbocycles. The maximum absolute atomic E-state index is 11.8. The minimum atomic E-state index is -0.511. The van der Waals surface area contributed by atoms with E-state index in [1.165, 1.54) is 24.0 Å². The third-order valence-electron chi connectivity index (χ3n) is 3.15. The van der Waals surface area contributed by atoms with Crippen LogP contribution in [0.25, 0.3) is 0 Å². The Morgan fingerprint density at radius 3 is 2.59 bits per heavy atom. The maximum atomic E-state index is 11.8. The van der Waals surface area contributed by atoms with Crippen LogP contribution in [0.2, 0.25) is 0 Å². The molecule has 0 aromatic heterocycles. The molecule has 0 saturated heterocycles. The number of aryl methyl sites for hydroxylation is 2. The summed E-state index contributed by atoms with van der Waals surface area (Å²) < 4.78 is 0. The summed E-state index contributed by atoms with van der Waals surface area (Å²) in [4.78, 5) is 23.3. The molecule has 0 atom stereocenters. The van der Waals surface area contributed by atoms with Crippen molar-refractivity contribution < 1.29 is 9.59 Å². The Labute approximate surface area is 101 Å². The van der Waals surface area contributed by atoms with Crippen LogP contribution in [-0.2, 0) is 17.6 Å². The van der Waals surface area contributed by atoms with Gasteiger partial charge >= 0.3 is 0 Å². The standard InChI is InChI=1S/C14H17NO2/c1-2-15-14(17)13(16)12-8-7-10-5-3-4-6-11(10)9-12/h7-9H,2-6H2,1H3,(H,15,17). The van der Waals surface area contributed by atoms with Gasteiger partial charge in [0.1, 0.15) is 0 Å². The normalized spacial score (nSPS) is 13.9. The Bertz CT molecular complexity index is 452. The van der Waals surface area contributed by atoms with Gasteiger partial charge in [0, 0.05) is 12.1 Å². The van der Waals surface area contributed by atoms with E-state index in [1.807, 2.05) is 12.1 Å². The average Bonchev–Trinajstić information content (AvgIpc) is 2.37. The molecule has 0 aliphatic heterocycles. The minimum absolute atomic E-state index is 0.430. The summed E-state index contributed by atoms with van der Waals surface area (Å²) in [5, 5.41) is 2.54. The molecule has 1 aliphatic rings. The first-order valence-electron chi connectivity index (χ1n) is 6.16. The summed E-state index contributed by atoms with van der Waals surface area (Å²) in [6, 6.07) is 5.63. The van der Waals surface area contributed by atoms with E-state index in [1.54, 1.807) is 13.0 Å². The third kappa shape index (κ3) is 2.54. The van der Waals surface area contributed by atoms with Crippen LogP contribution in [0.4, 0.5) is 0 Å². The summed E-state index contributed by atoms with van der Waals surface area (Å²) >= 11 is 0. The molecule has 90 valence electrons. The smallest absolute Gasteiger partial charge is 0.292 e. The quantitative estimate of drug-likeness (QED) is 0.637. The molecule has 1 aromatic carbocycles. The number of rotatable bonds is 3. The summed E-state index contributed by atoms with van der Waals surface area (Å²) in [5.41, 5.74) is 3.06. The van der Waals surface area contributed by atoms with Gasteiger partial charge in [-0.05, 0) is 49.8 Å². The van der Waals surface area contributed by atoms with Crippen LogP contribution in [0.3, 0.4) is 0 Å². The number of carbonyl (C=O) groups is 2. The second-order valence-electron chi connectivity index (χ2n) is 4.38. The third-order valence-corrected chi connectivity index (χ3v) is 3.15. The summed E-state index contributed by atoms with van der Waals surface area (Å²) in [6.45, 7) is 2.29. The van der Waals surface area contributed by atoms with Crippen molar-refractivity contribution in [3.8, 4) is 0 Å². The van der Waals surface area contributed by atoms with Gasteiger partial charge in [0.2, 0.25) is 5.78 Å². The van der Waals surface area contributed by atoms with E-state index >= 15 is 0 Å². The van der Waals surface area contributed by atoms with E-state index in [4.69, 9.17) is 0 Å². The van der Waals surface area contributed by atoms with Crippen molar-refractivity contribution >= 4 is 11.7 Å². The number of likely N-dealkylation sites (N-methyl/N-ethyl adjacent to an activating group) is 1. The molecule has 17 heavy (non-hydrogen) atoms. The maximum Gasteiger partial charge on any atom is 0.292 e. The number of nitrogens with one attached hydrogen (secondary N) is 1. The molecule has 1 N–H and O–H groups in total. The van der Waals surface area contributed by atoms with Crippen molar-refractivity contribution in [2.24, 2.45) is 0 Å². The zero-order chi connectivity index (χ0) is 12.3. The highest BCUT2D eigenvalue weighted by Gasteiger charge is 2.17.